The van der Waals surface area contributed by atoms with E-state index in [0.717, 1.165) is 54.7 Å². The van der Waals surface area contributed by atoms with Crippen molar-refractivity contribution in [1.82, 2.24) is 14.8 Å². The third-order valence-electron chi connectivity index (χ3n) is 7.15. The predicted molar refractivity (Wildman–Crippen MR) is 150 cm³/mol. The number of aromatic nitrogens is 1. The van der Waals surface area contributed by atoms with Crippen molar-refractivity contribution in [3.05, 3.63) is 95.8 Å². The smallest absolute Gasteiger partial charge is 0.272 e. The molecule has 5 nitrogen and oxygen atoms in total. The van der Waals surface area contributed by atoms with Crippen LogP contribution < -0.4 is 0 Å². The van der Waals surface area contributed by atoms with Gasteiger partial charge in [0.1, 0.15) is 5.69 Å². The highest BCUT2D eigenvalue weighted by Gasteiger charge is 2.29. The van der Waals surface area contributed by atoms with Crippen molar-refractivity contribution >= 4 is 12.0 Å². The van der Waals surface area contributed by atoms with Crippen LogP contribution in [0.25, 0.3) is 17.2 Å². The molecule has 0 radical (unpaired) electrons. The maximum Gasteiger partial charge on any atom is 0.272 e. The van der Waals surface area contributed by atoms with Gasteiger partial charge in [0.25, 0.3) is 5.91 Å². The minimum Gasteiger partial charge on any atom is -0.330 e. The Bertz CT molecular complexity index is 1230. The molecule has 0 saturated carbocycles. The normalized spacial score (nSPS) is 14.3. The van der Waals surface area contributed by atoms with Gasteiger partial charge in [0.05, 0.1) is 11.6 Å². The SMILES string of the molecule is C=Cc1ccc(C(=O)N(Cc2ccc(-c3cccc(C#N)c3)cc2)C2CCN(CCC(C)C)CC2)nc1. The molecule has 1 fully saturated rings. The topological polar surface area (TPSA) is 60.2 Å². The summed E-state index contributed by atoms with van der Waals surface area (Å²) in [7, 11) is 0. The van der Waals surface area contributed by atoms with Gasteiger partial charge in [0.2, 0.25) is 0 Å². The van der Waals surface area contributed by atoms with E-state index in [0.29, 0.717) is 23.7 Å². The van der Waals surface area contributed by atoms with E-state index in [1.54, 1.807) is 18.3 Å². The highest BCUT2D eigenvalue weighted by atomic mass is 16.2. The molecule has 0 N–H and O–H groups in total. The standard InChI is InChI=1S/C32H36N4O/c1-4-25-10-13-31(34-22-25)32(37)36(30-15-18-35(19-16-30)17-14-24(2)3)23-26-8-11-28(12-9-26)29-7-5-6-27(20-29)21-33/h4-13,20,22,24,30H,1,14-19,23H2,2-3H3. The Morgan fingerprint density at radius 1 is 1.14 bits per heavy atom. The lowest BCUT2D eigenvalue weighted by molar-refractivity contribution is 0.0540. The first-order chi connectivity index (χ1) is 18.0. The Hall–Kier alpha value is -3.75. The average Bonchev–Trinajstić information content (AvgIpc) is 2.95. The fourth-order valence-electron chi connectivity index (χ4n) is 4.83. The summed E-state index contributed by atoms with van der Waals surface area (Å²) in [5.74, 6) is 0.674. The second kappa shape index (κ2) is 12.5. The summed E-state index contributed by atoms with van der Waals surface area (Å²) in [6.07, 6.45) is 6.58. The first kappa shape index (κ1) is 26.3. The van der Waals surface area contributed by atoms with Gasteiger partial charge in [-0.05, 0) is 72.2 Å². The number of carbonyl (C=O) groups is 1. The molecule has 1 amide bonds. The van der Waals surface area contributed by atoms with Gasteiger partial charge in [0.15, 0.2) is 0 Å². The number of pyridine rings is 1. The van der Waals surface area contributed by atoms with Gasteiger partial charge in [-0.1, -0.05) is 69.0 Å². The van der Waals surface area contributed by atoms with Crippen molar-refractivity contribution in [2.75, 3.05) is 19.6 Å². The van der Waals surface area contributed by atoms with Crippen LogP contribution in [0.4, 0.5) is 0 Å². The fourth-order valence-corrected chi connectivity index (χ4v) is 4.83. The van der Waals surface area contributed by atoms with E-state index in [2.05, 4.69) is 60.6 Å². The zero-order chi connectivity index (χ0) is 26.2. The Morgan fingerprint density at radius 3 is 2.51 bits per heavy atom. The van der Waals surface area contributed by atoms with Crippen LogP contribution in [-0.2, 0) is 6.54 Å². The number of likely N-dealkylation sites (tertiary alicyclic amines) is 1. The number of nitrogens with zero attached hydrogens (tertiary/aromatic N) is 4. The lowest BCUT2D eigenvalue weighted by Gasteiger charge is -2.38. The second-order valence-electron chi connectivity index (χ2n) is 10.3. The van der Waals surface area contributed by atoms with Crippen LogP contribution in [0, 0.1) is 17.2 Å². The molecule has 0 spiro atoms. The van der Waals surface area contributed by atoms with Gasteiger partial charge in [-0.2, -0.15) is 5.26 Å². The minimum absolute atomic E-state index is 0.0259. The summed E-state index contributed by atoms with van der Waals surface area (Å²) in [6, 6.07) is 22.0. The number of hydrogen-bond donors (Lipinski definition) is 0. The number of nitriles is 1. The van der Waals surface area contributed by atoms with Crippen molar-refractivity contribution in [2.45, 2.75) is 45.7 Å². The van der Waals surface area contributed by atoms with Gasteiger partial charge in [-0.25, -0.2) is 0 Å². The Labute approximate surface area is 221 Å². The summed E-state index contributed by atoms with van der Waals surface area (Å²) in [4.78, 5) is 22.7. The maximum atomic E-state index is 13.7. The van der Waals surface area contributed by atoms with Gasteiger partial charge >= 0.3 is 0 Å². The molecule has 0 aliphatic carbocycles. The van der Waals surface area contributed by atoms with E-state index in [1.165, 1.54) is 6.42 Å². The molecule has 37 heavy (non-hydrogen) atoms. The summed E-state index contributed by atoms with van der Waals surface area (Å²) >= 11 is 0. The first-order valence-electron chi connectivity index (χ1n) is 13.2. The summed E-state index contributed by atoms with van der Waals surface area (Å²) in [6.45, 7) is 12.0. The van der Waals surface area contributed by atoms with Gasteiger partial charge in [0, 0.05) is 31.9 Å². The number of amides is 1. The predicted octanol–water partition coefficient (Wildman–Crippen LogP) is 6.42. The number of rotatable bonds is 9. The van der Waals surface area contributed by atoms with Gasteiger partial charge in [-0.15, -0.1) is 0 Å². The summed E-state index contributed by atoms with van der Waals surface area (Å²) in [5, 5.41) is 9.22. The van der Waals surface area contributed by atoms with Crippen molar-refractivity contribution < 1.29 is 4.79 Å². The molecule has 1 aromatic heterocycles. The molecular weight excluding hydrogens is 456 g/mol. The number of piperidine rings is 1. The molecule has 2 heterocycles. The van der Waals surface area contributed by atoms with Crippen LogP contribution in [0.1, 0.15) is 60.3 Å². The molecule has 5 heteroatoms. The van der Waals surface area contributed by atoms with E-state index in [-0.39, 0.29) is 11.9 Å². The molecular formula is C32H36N4O. The molecule has 0 atom stereocenters. The molecule has 1 saturated heterocycles. The average molecular weight is 493 g/mol. The number of carbonyl (C=O) groups excluding carboxylic acids is 1. The van der Waals surface area contributed by atoms with Gasteiger partial charge in [-0.3, -0.25) is 9.78 Å². The van der Waals surface area contributed by atoms with Crippen molar-refractivity contribution in [1.29, 1.82) is 5.26 Å². The van der Waals surface area contributed by atoms with E-state index in [4.69, 9.17) is 0 Å². The third-order valence-corrected chi connectivity index (χ3v) is 7.15. The molecule has 2 aromatic carbocycles. The monoisotopic (exact) mass is 492 g/mol. The van der Waals surface area contributed by atoms with Crippen LogP contribution in [0.15, 0.2) is 73.4 Å². The quantitative estimate of drug-likeness (QED) is 0.346. The van der Waals surface area contributed by atoms with Crippen LogP contribution in [0.3, 0.4) is 0 Å². The second-order valence-corrected chi connectivity index (χ2v) is 10.3. The van der Waals surface area contributed by atoms with Crippen LogP contribution >= 0.6 is 0 Å². The maximum absolute atomic E-state index is 13.7. The van der Waals surface area contributed by atoms with Gasteiger partial charge < -0.3 is 9.80 Å². The number of benzene rings is 2. The molecule has 0 unspecified atom stereocenters. The summed E-state index contributed by atoms with van der Waals surface area (Å²) < 4.78 is 0. The van der Waals surface area contributed by atoms with Crippen molar-refractivity contribution in [2.24, 2.45) is 5.92 Å². The van der Waals surface area contributed by atoms with Crippen molar-refractivity contribution in [3.8, 4) is 17.2 Å². The molecule has 1 aliphatic rings. The third kappa shape index (κ3) is 6.93. The van der Waals surface area contributed by atoms with E-state index >= 15 is 0 Å². The molecule has 4 rings (SSSR count). The van der Waals surface area contributed by atoms with E-state index in [1.807, 2.05) is 35.2 Å². The Balaban J connectivity index is 1.52. The van der Waals surface area contributed by atoms with Crippen LogP contribution in [0.2, 0.25) is 0 Å². The van der Waals surface area contributed by atoms with Crippen LogP contribution in [0.5, 0.6) is 0 Å². The fraction of sp³-hybridized carbons (Fsp3) is 0.344. The summed E-state index contributed by atoms with van der Waals surface area (Å²) in [5.41, 5.74) is 5.17. The highest BCUT2D eigenvalue weighted by molar-refractivity contribution is 5.92. The molecule has 3 aromatic rings. The molecule has 1 aliphatic heterocycles. The Morgan fingerprint density at radius 2 is 1.89 bits per heavy atom. The van der Waals surface area contributed by atoms with Crippen molar-refractivity contribution in [3.63, 3.8) is 0 Å². The highest BCUT2D eigenvalue weighted by Crippen LogP contribution is 2.25. The van der Waals surface area contributed by atoms with E-state index < -0.39 is 0 Å². The molecule has 190 valence electrons. The minimum atomic E-state index is -0.0259. The zero-order valence-corrected chi connectivity index (χ0v) is 21.9. The first-order valence-corrected chi connectivity index (χ1v) is 13.2. The lowest BCUT2D eigenvalue weighted by Crippen LogP contribution is -2.47. The molecule has 0 bridgehead atoms. The largest absolute Gasteiger partial charge is 0.330 e. The Kier molecular flexibility index (Phi) is 8.87. The van der Waals surface area contributed by atoms with Crippen LogP contribution in [-0.4, -0.2) is 46.4 Å². The van der Waals surface area contributed by atoms with E-state index in [9.17, 15) is 10.1 Å². The number of hydrogen-bond acceptors (Lipinski definition) is 4. The lowest BCUT2D eigenvalue weighted by atomic mass is 9.99. The zero-order valence-electron chi connectivity index (χ0n) is 21.9.